The maximum Gasteiger partial charge on any atom is 0.136 e. The first-order chi connectivity index (χ1) is 11.8. The molecule has 0 unspecified atom stereocenters. The molecule has 0 aromatic rings. The zero-order valence-electron chi connectivity index (χ0n) is 15.8. The fourth-order valence-corrected chi connectivity index (χ4v) is 7.95. The zero-order chi connectivity index (χ0) is 18.0. The summed E-state index contributed by atoms with van der Waals surface area (Å²) < 4.78 is 0. The molecule has 0 aromatic carbocycles. The molecule has 0 aromatic heterocycles. The highest BCUT2D eigenvalue weighted by Gasteiger charge is 2.59. The molecule has 0 radical (unpaired) electrons. The van der Waals surface area contributed by atoms with Crippen LogP contribution in [0, 0.1) is 40.9 Å². The summed E-state index contributed by atoms with van der Waals surface area (Å²) in [5, 5.41) is 11.4. The molecule has 0 amide bonds. The fourth-order valence-electron chi connectivity index (χ4n) is 7.56. The molecule has 4 aliphatic rings. The standard InChI is InChI=1S/C22H33BrO2/c1-13(12-23)18-4-5-19-16-10-20(24)17-11-21(2,25)8-6-15(17)14(16)7-9-22(18,19)3/h14-19,25H,1,4-12H2,2-3H3/t14-,15-,16-,17+,18-,19+,21-,22-/m1/s1. The number of aliphatic hydroxyl groups is 1. The van der Waals surface area contributed by atoms with E-state index in [1.807, 2.05) is 6.92 Å². The number of fused-ring (bicyclic) bond motifs is 5. The van der Waals surface area contributed by atoms with Crippen LogP contribution in [0.3, 0.4) is 0 Å². The van der Waals surface area contributed by atoms with Gasteiger partial charge in [-0.05, 0) is 86.9 Å². The van der Waals surface area contributed by atoms with Crippen molar-refractivity contribution in [3.63, 3.8) is 0 Å². The topological polar surface area (TPSA) is 37.3 Å². The summed E-state index contributed by atoms with van der Waals surface area (Å²) in [6, 6.07) is 0. The number of rotatable bonds is 2. The first-order valence-electron chi connectivity index (χ1n) is 10.3. The average Bonchev–Trinajstić information content (AvgIpc) is 2.91. The van der Waals surface area contributed by atoms with Gasteiger partial charge in [0.2, 0.25) is 0 Å². The Morgan fingerprint density at radius 1 is 1.16 bits per heavy atom. The molecule has 8 atom stereocenters. The highest BCUT2D eigenvalue weighted by molar-refractivity contribution is 9.09. The van der Waals surface area contributed by atoms with Gasteiger partial charge >= 0.3 is 0 Å². The van der Waals surface area contributed by atoms with E-state index in [2.05, 4.69) is 29.4 Å². The lowest BCUT2D eigenvalue weighted by Crippen LogP contribution is -2.53. The van der Waals surface area contributed by atoms with Crippen LogP contribution >= 0.6 is 15.9 Å². The van der Waals surface area contributed by atoms with Crippen molar-refractivity contribution in [1.29, 1.82) is 0 Å². The minimum Gasteiger partial charge on any atom is -0.390 e. The molecule has 25 heavy (non-hydrogen) atoms. The fraction of sp³-hybridized carbons (Fsp3) is 0.864. The van der Waals surface area contributed by atoms with Crippen molar-refractivity contribution in [2.24, 2.45) is 40.9 Å². The lowest BCUT2D eigenvalue weighted by atomic mass is 9.48. The quantitative estimate of drug-likeness (QED) is 0.507. The summed E-state index contributed by atoms with van der Waals surface area (Å²) in [7, 11) is 0. The number of hydrogen-bond acceptors (Lipinski definition) is 2. The molecule has 2 nitrogen and oxygen atoms in total. The molecular formula is C22H33BrO2. The number of carbonyl (C=O) groups is 1. The van der Waals surface area contributed by atoms with Crippen LogP contribution in [0.4, 0.5) is 0 Å². The van der Waals surface area contributed by atoms with E-state index in [-0.39, 0.29) is 5.92 Å². The predicted molar refractivity (Wildman–Crippen MR) is 105 cm³/mol. The van der Waals surface area contributed by atoms with Crippen LogP contribution in [-0.4, -0.2) is 21.8 Å². The second-order valence-corrected chi connectivity index (χ2v) is 10.6. The van der Waals surface area contributed by atoms with Crippen molar-refractivity contribution in [2.45, 2.75) is 70.8 Å². The molecule has 0 saturated heterocycles. The van der Waals surface area contributed by atoms with E-state index in [1.165, 1.54) is 31.3 Å². The van der Waals surface area contributed by atoms with Crippen molar-refractivity contribution < 1.29 is 9.90 Å². The summed E-state index contributed by atoms with van der Waals surface area (Å²) in [6.45, 7) is 8.76. The van der Waals surface area contributed by atoms with Crippen LogP contribution in [0.1, 0.15) is 65.2 Å². The van der Waals surface area contributed by atoms with Crippen LogP contribution in [0.25, 0.3) is 0 Å². The molecule has 0 spiro atoms. The van der Waals surface area contributed by atoms with Gasteiger partial charge in [0, 0.05) is 17.7 Å². The third-order valence-corrected chi connectivity index (χ3v) is 9.47. The van der Waals surface area contributed by atoms with Gasteiger partial charge in [-0.1, -0.05) is 35.0 Å². The molecule has 0 aliphatic heterocycles. The Balaban J connectivity index is 1.59. The van der Waals surface area contributed by atoms with Crippen molar-refractivity contribution in [1.82, 2.24) is 0 Å². The van der Waals surface area contributed by atoms with E-state index in [4.69, 9.17) is 0 Å². The minimum absolute atomic E-state index is 0.129. The van der Waals surface area contributed by atoms with Gasteiger partial charge in [0.25, 0.3) is 0 Å². The first-order valence-corrected chi connectivity index (χ1v) is 11.4. The summed E-state index contributed by atoms with van der Waals surface area (Å²) in [5.74, 6) is 3.74. The molecular weight excluding hydrogens is 376 g/mol. The number of halogens is 1. The largest absolute Gasteiger partial charge is 0.390 e. The highest BCUT2D eigenvalue weighted by atomic mass is 79.9. The van der Waals surface area contributed by atoms with E-state index in [1.54, 1.807) is 0 Å². The Kier molecular flexibility index (Phi) is 4.51. The summed E-state index contributed by atoms with van der Waals surface area (Å²) in [4.78, 5) is 13.0. The number of carbonyl (C=O) groups excluding carboxylic acids is 1. The summed E-state index contributed by atoms with van der Waals surface area (Å²) >= 11 is 3.62. The van der Waals surface area contributed by atoms with Crippen LogP contribution in [0.2, 0.25) is 0 Å². The van der Waals surface area contributed by atoms with Gasteiger partial charge in [-0.15, -0.1) is 0 Å². The van der Waals surface area contributed by atoms with Gasteiger partial charge in [0.05, 0.1) is 5.60 Å². The van der Waals surface area contributed by atoms with Crippen LogP contribution in [0.15, 0.2) is 12.2 Å². The Bertz CT molecular complexity index is 583. The van der Waals surface area contributed by atoms with Gasteiger partial charge in [0.15, 0.2) is 0 Å². The predicted octanol–water partition coefficient (Wildman–Crippen LogP) is 5.14. The van der Waals surface area contributed by atoms with Crippen molar-refractivity contribution in [3.8, 4) is 0 Å². The molecule has 4 saturated carbocycles. The molecule has 4 fully saturated rings. The molecule has 0 bridgehead atoms. The number of ketones is 1. The SMILES string of the molecule is C=C(CBr)[C@H]1CC[C@H]2[C@@H]3CC(=O)[C@H]4C[C@](C)(O)CC[C@@H]4[C@H]3CC[C@]12C. The maximum absolute atomic E-state index is 13.0. The monoisotopic (exact) mass is 408 g/mol. The van der Waals surface area contributed by atoms with Gasteiger partial charge in [-0.25, -0.2) is 0 Å². The molecule has 0 heterocycles. The molecule has 3 heteroatoms. The number of Topliss-reactive ketones (excluding diaryl/α,β-unsaturated/α-hetero) is 1. The number of hydrogen-bond donors (Lipinski definition) is 1. The maximum atomic E-state index is 13.0. The van der Waals surface area contributed by atoms with E-state index in [0.29, 0.717) is 47.2 Å². The lowest BCUT2D eigenvalue weighted by Gasteiger charge is -2.56. The third kappa shape index (κ3) is 2.79. The summed E-state index contributed by atoms with van der Waals surface area (Å²) in [6.07, 6.45) is 8.49. The van der Waals surface area contributed by atoms with Crippen LogP contribution in [0.5, 0.6) is 0 Å². The molecule has 4 aliphatic carbocycles. The Morgan fingerprint density at radius 2 is 1.88 bits per heavy atom. The first kappa shape index (κ1) is 18.2. The Morgan fingerprint density at radius 3 is 2.60 bits per heavy atom. The normalized spacial score (nSPS) is 52.2. The van der Waals surface area contributed by atoms with Gasteiger partial charge in [-0.3, -0.25) is 4.79 Å². The van der Waals surface area contributed by atoms with Gasteiger partial charge in [0.1, 0.15) is 5.78 Å². The lowest BCUT2D eigenvalue weighted by molar-refractivity contribution is -0.148. The Labute approximate surface area is 161 Å². The second kappa shape index (κ2) is 6.19. The smallest absolute Gasteiger partial charge is 0.136 e. The molecule has 4 rings (SSSR count). The average molecular weight is 409 g/mol. The highest BCUT2D eigenvalue weighted by Crippen LogP contribution is 2.65. The number of alkyl halides is 1. The Hall–Kier alpha value is -0.150. The van der Waals surface area contributed by atoms with Crippen molar-refractivity contribution in [2.75, 3.05) is 5.33 Å². The molecule has 140 valence electrons. The van der Waals surface area contributed by atoms with Crippen LogP contribution in [-0.2, 0) is 4.79 Å². The van der Waals surface area contributed by atoms with E-state index >= 15 is 0 Å². The zero-order valence-corrected chi connectivity index (χ0v) is 17.4. The third-order valence-electron chi connectivity index (χ3n) is 8.75. The van der Waals surface area contributed by atoms with Crippen molar-refractivity contribution in [3.05, 3.63) is 12.2 Å². The minimum atomic E-state index is -0.626. The van der Waals surface area contributed by atoms with E-state index in [9.17, 15) is 9.90 Å². The van der Waals surface area contributed by atoms with E-state index in [0.717, 1.165) is 24.6 Å². The van der Waals surface area contributed by atoms with E-state index < -0.39 is 5.60 Å². The summed E-state index contributed by atoms with van der Waals surface area (Å²) in [5.41, 5.74) is 1.08. The van der Waals surface area contributed by atoms with Crippen LogP contribution < -0.4 is 0 Å². The van der Waals surface area contributed by atoms with Gasteiger partial charge < -0.3 is 5.11 Å². The van der Waals surface area contributed by atoms with Crippen molar-refractivity contribution >= 4 is 21.7 Å². The van der Waals surface area contributed by atoms with Gasteiger partial charge in [-0.2, -0.15) is 0 Å². The number of allylic oxidation sites excluding steroid dienone is 1. The second-order valence-electron chi connectivity index (χ2n) is 10.1. The molecule has 1 N–H and O–H groups in total.